The van der Waals surface area contributed by atoms with E-state index in [4.69, 9.17) is 0 Å². The topological polar surface area (TPSA) is 58.9 Å². The van der Waals surface area contributed by atoms with Crippen LogP contribution >= 0.6 is 0 Å². The van der Waals surface area contributed by atoms with Gasteiger partial charge in [0.2, 0.25) is 0 Å². The number of nitrogens with zero attached hydrogens (tertiary/aromatic N) is 2. The molecular formula is C8H10N2O2Se. The molecule has 13 heavy (non-hydrogen) atoms. The summed E-state index contributed by atoms with van der Waals surface area (Å²) in [5, 5.41) is 1.19. The molecule has 1 rings (SSSR count). The van der Waals surface area contributed by atoms with Crippen molar-refractivity contribution < 1.29 is 9.59 Å². The molecule has 0 unspecified atom stereocenters. The SMILES string of the molecule is O=C=NCC1(CN=C=O)CCC[Se]1. The summed E-state index contributed by atoms with van der Waals surface area (Å²) in [5.74, 6) is 0. The second-order valence-electron chi connectivity index (χ2n) is 2.95. The summed E-state index contributed by atoms with van der Waals surface area (Å²) in [6, 6.07) is 0. The van der Waals surface area contributed by atoms with Crippen LogP contribution in [0.15, 0.2) is 9.98 Å². The summed E-state index contributed by atoms with van der Waals surface area (Å²) >= 11 is 0.438. The van der Waals surface area contributed by atoms with Gasteiger partial charge in [0.05, 0.1) is 0 Å². The third-order valence-electron chi connectivity index (χ3n) is 2.05. The Hall–Kier alpha value is -0.721. The second kappa shape index (κ2) is 5.11. The fourth-order valence-electron chi connectivity index (χ4n) is 1.41. The molecule has 1 fully saturated rings. The van der Waals surface area contributed by atoms with Gasteiger partial charge in [-0.3, -0.25) is 0 Å². The Morgan fingerprint density at radius 1 is 1.23 bits per heavy atom. The van der Waals surface area contributed by atoms with Gasteiger partial charge in [-0.05, 0) is 0 Å². The van der Waals surface area contributed by atoms with Gasteiger partial charge in [0.25, 0.3) is 0 Å². The van der Waals surface area contributed by atoms with Gasteiger partial charge < -0.3 is 0 Å². The summed E-state index contributed by atoms with van der Waals surface area (Å²) in [6.45, 7) is 0.948. The van der Waals surface area contributed by atoms with Crippen LogP contribution in [0.25, 0.3) is 0 Å². The summed E-state index contributed by atoms with van der Waals surface area (Å²) in [6.07, 6.45) is 5.25. The Balaban J connectivity index is 2.61. The molecule has 1 aliphatic heterocycles. The molecule has 0 atom stereocenters. The molecule has 0 N–H and O–H groups in total. The third-order valence-corrected chi connectivity index (χ3v) is 5.34. The Morgan fingerprint density at radius 2 is 1.85 bits per heavy atom. The first-order chi connectivity index (χ1) is 6.33. The Labute approximate surface area is 82.7 Å². The number of hydrogen-bond donors (Lipinski definition) is 0. The Morgan fingerprint density at radius 3 is 2.23 bits per heavy atom. The first kappa shape index (κ1) is 10.4. The van der Waals surface area contributed by atoms with E-state index in [1.165, 1.54) is 5.32 Å². The minimum atomic E-state index is 0.00181. The summed E-state index contributed by atoms with van der Waals surface area (Å²) < 4.78 is 0.00181. The van der Waals surface area contributed by atoms with Gasteiger partial charge in [0.15, 0.2) is 0 Å². The third kappa shape index (κ3) is 2.91. The minimum absolute atomic E-state index is 0.00181. The maximum absolute atomic E-state index is 9.98. The van der Waals surface area contributed by atoms with Crippen LogP contribution in [0, 0.1) is 0 Å². The molecule has 0 aromatic heterocycles. The maximum atomic E-state index is 9.98. The predicted molar refractivity (Wildman–Crippen MR) is 48.5 cm³/mol. The zero-order valence-electron chi connectivity index (χ0n) is 7.15. The molecule has 1 saturated heterocycles. The number of isocyanates is 2. The molecule has 0 aromatic carbocycles. The fraction of sp³-hybridized carbons (Fsp3) is 0.750. The molecule has 70 valence electrons. The number of hydrogen-bond acceptors (Lipinski definition) is 4. The average Bonchev–Trinajstić information content (AvgIpc) is 2.61. The molecule has 0 spiro atoms. The van der Waals surface area contributed by atoms with Gasteiger partial charge in [0.1, 0.15) is 0 Å². The zero-order chi connectivity index (χ0) is 9.57. The van der Waals surface area contributed by atoms with E-state index in [-0.39, 0.29) is 4.31 Å². The molecule has 0 aliphatic carbocycles. The molecule has 1 aliphatic rings. The van der Waals surface area contributed by atoms with Crippen LogP contribution in [-0.4, -0.2) is 40.2 Å². The van der Waals surface area contributed by atoms with Crippen molar-refractivity contribution in [3.05, 3.63) is 0 Å². The average molecular weight is 245 g/mol. The van der Waals surface area contributed by atoms with E-state index >= 15 is 0 Å². The van der Waals surface area contributed by atoms with E-state index in [1.54, 1.807) is 12.2 Å². The molecule has 5 heteroatoms. The van der Waals surface area contributed by atoms with E-state index in [2.05, 4.69) is 9.98 Å². The van der Waals surface area contributed by atoms with Gasteiger partial charge in [-0.2, -0.15) is 0 Å². The van der Waals surface area contributed by atoms with Crippen molar-refractivity contribution in [1.82, 2.24) is 0 Å². The molecule has 0 amide bonds. The van der Waals surface area contributed by atoms with E-state index < -0.39 is 0 Å². The summed E-state index contributed by atoms with van der Waals surface area (Å²) in [4.78, 5) is 27.2. The van der Waals surface area contributed by atoms with Crippen LogP contribution in [0.2, 0.25) is 9.63 Å². The second-order valence-corrected chi connectivity index (χ2v) is 6.23. The molecule has 0 radical (unpaired) electrons. The molecule has 1 heterocycles. The van der Waals surface area contributed by atoms with Gasteiger partial charge >= 0.3 is 82.3 Å². The van der Waals surface area contributed by atoms with Crippen molar-refractivity contribution in [3.63, 3.8) is 0 Å². The van der Waals surface area contributed by atoms with Crippen molar-refractivity contribution in [1.29, 1.82) is 0 Å². The molecule has 0 saturated carbocycles. The Bertz CT molecular complexity index is 239. The Kier molecular flexibility index (Phi) is 4.07. The molecule has 0 bridgehead atoms. The zero-order valence-corrected chi connectivity index (χ0v) is 8.87. The summed E-state index contributed by atoms with van der Waals surface area (Å²) in [5.41, 5.74) is 0. The van der Waals surface area contributed by atoms with Crippen LogP contribution < -0.4 is 0 Å². The predicted octanol–water partition coefficient (Wildman–Crippen LogP) is 0.733. The normalized spacial score (nSPS) is 26.2. The fourth-order valence-corrected chi connectivity index (χ4v) is 4.18. The van der Waals surface area contributed by atoms with E-state index in [0.29, 0.717) is 28.0 Å². The monoisotopic (exact) mass is 246 g/mol. The van der Waals surface area contributed by atoms with Crippen LogP contribution in [-0.2, 0) is 9.59 Å². The van der Waals surface area contributed by atoms with E-state index in [0.717, 1.165) is 12.8 Å². The van der Waals surface area contributed by atoms with E-state index in [9.17, 15) is 9.59 Å². The molecule has 4 nitrogen and oxygen atoms in total. The van der Waals surface area contributed by atoms with Crippen molar-refractivity contribution in [2.24, 2.45) is 9.98 Å². The van der Waals surface area contributed by atoms with Crippen molar-refractivity contribution in [3.8, 4) is 0 Å². The quantitative estimate of drug-likeness (QED) is 0.416. The standard InChI is InChI=1S/C8H10N2O2Se/c11-6-9-4-8(5-10-7-12)2-1-3-13-8/h1-5H2. The first-order valence-corrected chi connectivity index (χ1v) is 6.11. The number of aliphatic imine (C=N–C) groups is 2. The van der Waals surface area contributed by atoms with Gasteiger partial charge in [-0.25, -0.2) is 0 Å². The van der Waals surface area contributed by atoms with Gasteiger partial charge in [-0.1, -0.05) is 0 Å². The number of rotatable bonds is 4. The van der Waals surface area contributed by atoms with Crippen molar-refractivity contribution in [2.75, 3.05) is 13.1 Å². The van der Waals surface area contributed by atoms with E-state index in [1.807, 2.05) is 0 Å². The van der Waals surface area contributed by atoms with Crippen molar-refractivity contribution in [2.45, 2.75) is 22.5 Å². The van der Waals surface area contributed by atoms with Crippen LogP contribution in [0.3, 0.4) is 0 Å². The van der Waals surface area contributed by atoms with Crippen molar-refractivity contribution >= 4 is 27.1 Å². The van der Waals surface area contributed by atoms with Gasteiger partial charge in [0, 0.05) is 0 Å². The molecule has 0 aromatic rings. The van der Waals surface area contributed by atoms with Crippen LogP contribution in [0.4, 0.5) is 0 Å². The van der Waals surface area contributed by atoms with Crippen LogP contribution in [0.1, 0.15) is 12.8 Å². The number of carbonyl (C=O) groups excluding carboxylic acids is 2. The molecular weight excluding hydrogens is 235 g/mol. The first-order valence-electron chi connectivity index (χ1n) is 4.04. The summed E-state index contributed by atoms with van der Waals surface area (Å²) in [7, 11) is 0. The van der Waals surface area contributed by atoms with Crippen LogP contribution in [0.5, 0.6) is 0 Å². The van der Waals surface area contributed by atoms with Gasteiger partial charge in [-0.15, -0.1) is 0 Å².